The minimum absolute atomic E-state index is 0.00846. The molecular formula is C46H50F2N10O5. The van der Waals surface area contributed by atoms with Gasteiger partial charge in [0.05, 0.1) is 41.0 Å². The Balaban J connectivity index is 1.08. The maximum Gasteiger partial charge on any atom is 0.258 e. The molecule has 0 spiro atoms. The lowest BCUT2D eigenvalue weighted by atomic mass is 9.77. The third kappa shape index (κ3) is 7.49. The number of hydrogen-bond acceptors (Lipinski definition) is 10. The minimum atomic E-state index is -1.10. The summed E-state index contributed by atoms with van der Waals surface area (Å²) in [4.78, 5) is 69.1. The van der Waals surface area contributed by atoms with Gasteiger partial charge in [0, 0.05) is 93.4 Å². The molecule has 6 aliphatic heterocycles. The fourth-order valence-electron chi connectivity index (χ4n) is 10.8. The highest BCUT2D eigenvalue weighted by Gasteiger charge is 2.42. The Bertz CT molecular complexity index is 2650. The Morgan fingerprint density at radius 3 is 2.41 bits per heavy atom. The van der Waals surface area contributed by atoms with Crippen molar-refractivity contribution >= 4 is 46.3 Å². The zero-order valence-corrected chi connectivity index (χ0v) is 35.6. The van der Waals surface area contributed by atoms with Crippen molar-refractivity contribution in [2.24, 2.45) is 18.9 Å². The molecule has 11 rings (SSSR count). The fraction of sp³-hybridized carbons (Fsp3) is 0.457. The molecule has 6 aliphatic rings. The largest absolute Gasteiger partial charge is 0.477 e. The van der Waals surface area contributed by atoms with E-state index < -0.39 is 29.4 Å². The van der Waals surface area contributed by atoms with Crippen molar-refractivity contribution in [1.29, 1.82) is 0 Å². The van der Waals surface area contributed by atoms with E-state index in [0.717, 1.165) is 25.9 Å². The average molecular weight is 861 g/mol. The summed E-state index contributed by atoms with van der Waals surface area (Å²) < 4.78 is 42.4. The second kappa shape index (κ2) is 16.2. The van der Waals surface area contributed by atoms with Crippen molar-refractivity contribution in [2.45, 2.75) is 76.4 Å². The summed E-state index contributed by atoms with van der Waals surface area (Å²) in [7, 11) is 3.68. The van der Waals surface area contributed by atoms with Crippen LogP contribution in [0.15, 0.2) is 48.7 Å². The molecule has 15 nitrogen and oxygen atoms in total. The number of carbonyl (C=O) groups is 4. The van der Waals surface area contributed by atoms with Crippen LogP contribution >= 0.6 is 0 Å². The molecule has 2 N–H and O–H groups in total. The number of rotatable bonds is 2. The second-order valence-corrected chi connectivity index (χ2v) is 17.8. The minimum Gasteiger partial charge on any atom is -0.477 e. The van der Waals surface area contributed by atoms with Gasteiger partial charge in [0.2, 0.25) is 23.6 Å². The van der Waals surface area contributed by atoms with Crippen LogP contribution in [0.4, 0.5) is 20.4 Å². The summed E-state index contributed by atoms with van der Waals surface area (Å²) in [5.41, 5.74) is 4.17. The van der Waals surface area contributed by atoms with Gasteiger partial charge >= 0.3 is 0 Å². The average Bonchev–Trinajstić information content (AvgIpc) is 3.81. The zero-order valence-electron chi connectivity index (χ0n) is 35.6. The van der Waals surface area contributed by atoms with Crippen LogP contribution in [0.5, 0.6) is 5.88 Å². The molecule has 9 heterocycles. The van der Waals surface area contributed by atoms with Gasteiger partial charge in [0.15, 0.2) is 0 Å². The Morgan fingerprint density at radius 1 is 0.841 bits per heavy atom. The number of nitrogens with zero attached hydrogens (tertiary/aromatic N) is 8. The first-order valence-electron chi connectivity index (χ1n) is 21.9. The Labute approximate surface area is 362 Å². The van der Waals surface area contributed by atoms with Gasteiger partial charge in [0.25, 0.3) is 11.8 Å². The number of aryl methyl sites for hydroxylation is 2. The fourth-order valence-corrected chi connectivity index (χ4v) is 10.8. The predicted octanol–water partition coefficient (Wildman–Crippen LogP) is 5.42. The van der Waals surface area contributed by atoms with E-state index in [0.29, 0.717) is 102 Å². The molecule has 0 saturated carbocycles. The summed E-state index contributed by atoms with van der Waals surface area (Å²) in [5.74, 6) is -3.55. The zero-order chi connectivity index (χ0) is 43.7. The van der Waals surface area contributed by atoms with Crippen LogP contribution in [0, 0.1) is 30.4 Å². The molecule has 0 aliphatic carbocycles. The number of benzene rings is 2. The molecule has 2 unspecified atom stereocenters. The molecule has 3 saturated heterocycles. The molecule has 3 aromatic heterocycles. The first-order valence-corrected chi connectivity index (χ1v) is 21.9. The molecule has 2 aromatic carbocycles. The van der Waals surface area contributed by atoms with Crippen molar-refractivity contribution in [3.05, 3.63) is 82.7 Å². The van der Waals surface area contributed by atoms with Gasteiger partial charge in [-0.15, -0.1) is 0 Å². The van der Waals surface area contributed by atoms with Crippen molar-refractivity contribution in [1.82, 2.24) is 39.4 Å². The lowest BCUT2D eigenvalue weighted by Gasteiger charge is -2.50. The van der Waals surface area contributed by atoms with Gasteiger partial charge in [-0.05, 0) is 99.7 Å². The molecule has 4 amide bonds. The maximum absolute atomic E-state index is 16.1. The quantitative estimate of drug-likeness (QED) is 0.220. The predicted molar refractivity (Wildman–Crippen MR) is 229 cm³/mol. The molecule has 328 valence electrons. The van der Waals surface area contributed by atoms with Crippen LogP contribution in [-0.2, 0) is 23.2 Å². The van der Waals surface area contributed by atoms with E-state index in [1.54, 1.807) is 29.1 Å². The summed E-state index contributed by atoms with van der Waals surface area (Å²) in [6.07, 6.45) is 5.41. The highest BCUT2D eigenvalue weighted by molar-refractivity contribution is 6.05. The summed E-state index contributed by atoms with van der Waals surface area (Å²) in [6, 6.07) is 11.8. The summed E-state index contributed by atoms with van der Waals surface area (Å²) in [6.45, 7) is 5.21. The van der Waals surface area contributed by atoms with E-state index in [9.17, 15) is 19.2 Å². The monoisotopic (exact) mass is 860 g/mol. The lowest BCUT2D eigenvalue weighted by molar-refractivity contribution is -0.134. The van der Waals surface area contributed by atoms with Gasteiger partial charge in [-0.3, -0.25) is 39.7 Å². The Morgan fingerprint density at radius 2 is 1.63 bits per heavy atom. The van der Waals surface area contributed by atoms with E-state index in [-0.39, 0.29) is 54.1 Å². The maximum atomic E-state index is 16.1. The number of amides is 4. The van der Waals surface area contributed by atoms with Gasteiger partial charge in [-0.2, -0.15) is 5.10 Å². The molecule has 4 atom stereocenters. The number of imide groups is 1. The Hall–Kier alpha value is -6.23. The number of anilines is 2. The molecule has 5 aromatic rings. The number of carbonyl (C=O) groups excluding carboxylic acids is 4. The van der Waals surface area contributed by atoms with E-state index in [2.05, 4.69) is 20.6 Å². The van der Waals surface area contributed by atoms with Crippen molar-refractivity contribution in [3.63, 3.8) is 0 Å². The van der Waals surface area contributed by atoms with Crippen LogP contribution in [0.25, 0.3) is 22.3 Å². The van der Waals surface area contributed by atoms with Crippen LogP contribution in [-0.4, -0.2) is 110 Å². The molecule has 3 fully saturated rings. The Kier molecular flexibility index (Phi) is 10.5. The van der Waals surface area contributed by atoms with Gasteiger partial charge in [0.1, 0.15) is 11.6 Å². The first kappa shape index (κ1) is 40.8. The summed E-state index contributed by atoms with van der Waals surface area (Å²) >= 11 is 0. The van der Waals surface area contributed by atoms with Crippen LogP contribution in [0.3, 0.4) is 0 Å². The standard InChI is InChI=1S/C46H50F2N10O5/c1-25-17-28-18-37(50-25)32-22-49-55(3)45(32)63-16-4-5-27-23-58-39-19-26(6-8-36(39)51-46(58)53-42(28)60)44(62)54(2)29-10-13-56(14-11-29)38-12-15-57(24-33(27)38)30-20-34(47)41(35(48)21-30)31-7-9-40(59)52-43(31)61/h6,8,17-22,27,29,31,33,38H,4-5,7,9-16,23-24H2,1-3H3,(H,51,53,60)(H,52,59,61)/t27-,31-,33?,38?/m1/s1. The molecule has 0 radical (unpaired) electrons. The number of nitrogens with one attached hydrogen (secondary N) is 2. The number of piperidine rings is 3. The number of aromatic nitrogens is 5. The second-order valence-electron chi connectivity index (χ2n) is 17.8. The van der Waals surface area contributed by atoms with E-state index in [1.165, 1.54) is 12.1 Å². The normalized spacial score (nSPS) is 25.5. The number of halogens is 2. The number of imidazole rings is 1. The van der Waals surface area contributed by atoms with Gasteiger partial charge in [-0.25, -0.2) is 18.4 Å². The highest BCUT2D eigenvalue weighted by atomic mass is 19.1. The van der Waals surface area contributed by atoms with E-state index in [4.69, 9.17) is 14.7 Å². The number of fused-ring (bicyclic) bond motifs is 7. The van der Waals surface area contributed by atoms with Crippen LogP contribution < -0.4 is 20.3 Å². The van der Waals surface area contributed by atoms with Gasteiger partial charge < -0.3 is 19.1 Å². The van der Waals surface area contributed by atoms with Gasteiger partial charge in [-0.1, -0.05) is 0 Å². The highest BCUT2D eigenvalue weighted by Crippen LogP contribution is 2.40. The molecule has 17 heteroatoms. The number of hydrogen-bond donors (Lipinski definition) is 2. The van der Waals surface area contributed by atoms with Crippen molar-refractivity contribution < 1.29 is 32.7 Å². The van der Waals surface area contributed by atoms with Crippen molar-refractivity contribution in [3.8, 4) is 17.1 Å². The topological polar surface area (TPSA) is 160 Å². The summed E-state index contributed by atoms with van der Waals surface area (Å²) in [5, 5.41) is 9.83. The smallest absolute Gasteiger partial charge is 0.258 e. The van der Waals surface area contributed by atoms with Crippen LogP contribution in [0.2, 0.25) is 0 Å². The van der Waals surface area contributed by atoms with E-state index in [1.807, 2.05) is 47.5 Å². The van der Waals surface area contributed by atoms with E-state index >= 15 is 8.78 Å². The third-order valence-corrected chi connectivity index (χ3v) is 14.1. The SMILES string of the molecule is Cc1cc2cc(n1)-c1cnn(C)c1OCCC[C@@H]1Cn3c(nc4ccc(cc43)C(=O)N(C)C3CCN(CC3)C3CCN(c4cc(F)c([C@H]5CCC(=O)NC5=O)c(F)c4)CC31)NC2=O. The lowest BCUT2D eigenvalue weighted by Crippen LogP contribution is -2.57. The number of pyridine rings is 1. The first-order chi connectivity index (χ1) is 30.4. The third-order valence-electron chi connectivity index (χ3n) is 14.1. The number of ether oxygens (including phenoxy) is 1. The van der Waals surface area contributed by atoms with Crippen molar-refractivity contribution in [2.75, 3.05) is 50.1 Å². The molecular weight excluding hydrogens is 811 g/mol. The molecule has 63 heavy (non-hydrogen) atoms. The molecule has 8 bridgehead atoms. The van der Waals surface area contributed by atoms with Crippen LogP contribution in [0.1, 0.15) is 82.8 Å².